The summed E-state index contributed by atoms with van der Waals surface area (Å²) in [5, 5.41) is 7.87. The molecule has 0 atom stereocenters. The molecule has 1 aromatic heterocycles. The Morgan fingerprint density at radius 2 is 2.43 bits per heavy atom. The molecule has 0 fully saturated rings. The first kappa shape index (κ1) is 9.12. The summed E-state index contributed by atoms with van der Waals surface area (Å²) in [5.41, 5.74) is 1.85. The average molecular weight is 252 g/mol. The fourth-order valence-corrected chi connectivity index (χ4v) is 1.65. The highest BCUT2D eigenvalue weighted by atomic mass is 79.9. The molecule has 0 aliphatic heterocycles. The van der Waals surface area contributed by atoms with Crippen LogP contribution in [0, 0.1) is 0 Å². The second-order valence-corrected chi connectivity index (χ2v) is 3.59. The second kappa shape index (κ2) is 3.74. The van der Waals surface area contributed by atoms with E-state index in [0.29, 0.717) is 6.54 Å². The molecule has 0 saturated heterocycles. The largest absolute Gasteiger partial charge is 0.270 e. The minimum Gasteiger partial charge on any atom is -0.270 e. The molecule has 14 heavy (non-hydrogen) atoms. The molecule has 0 amide bonds. The van der Waals surface area contributed by atoms with Crippen LogP contribution in [0.25, 0.3) is 10.9 Å². The van der Waals surface area contributed by atoms with Crippen molar-refractivity contribution in [2.75, 3.05) is 0 Å². The molecule has 0 unspecified atom stereocenters. The van der Waals surface area contributed by atoms with Gasteiger partial charge in [0.05, 0.1) is 12.1 Å². The highest BCUT2D eigenvalue weighted by Crippen LogP contribution is 2.22. The quantitative estimate of drug-likeness (QED) is 0.657. The topological polar surface area (TPSA) is 58.1 Å². The number of fused-ring (bicyclic) bond motifs is 1. The first-order valence-corrected chi connectivity index (χ1v) is 4.76. The van der Waals surface area contributed by atoms with E-state index < -0.39 is 0 Å². The molecule has 0 aliphatic carbocycles. The molecule has 0 saturated carbocycles. The van der Waals surface area contributed by atoms with E-state index in [1.807, 2.05) is 18.2 Å². The number of hydrogen-bond donors (Lipinski definition) is 1. The number of hydrogen-bond acceptors (Lipinski definition) is 3. The van der Waals surface area contributed by atoms with Crippen molar-refractivity contribution in [1.29, 1.82) is 0 Å². The summed E-state index contributed by atoms with van der Waals surface area (Å²) >= 11 is 3.34. The van der Waals surface area contributed by atoms with Gasteiger partial charge in [-0.25, -0.2) is 9.79 Å². The van der Waals surface area contributed by atoms with Crippen molar-refractivity contribution in [2.24, 2.45) is 4.99 Å². The van der Waals surface area contributed by atoms with E-state index in [2.05, 4.69) is 31.1 Å². The molecule has 0 radical (unpaired) electrons. The van der Waals surface area contributed by atoms with Crippen molar-refractivity contribution in [3.8, 4) is 0 Å². The van der Waals surface area contributed by atoms with Crippen LogP contribution in [-0.4, -0.2) is 16.3 Å². The third-order valence-corrected chi connectivity index (χ3v) is 2.50. The molecule has 1 N–H and O–H groups in total. The smallest absolute Gasteiger partial charge is 0.235 e. The maximum absolute atomic E-state index is 9.94. The third-order valence-electron chi connectivity index (χ3n) is 1.90. The van der Waals surface area contributed by atoms with Crippen molar-refractivity contribution in [1.82, 2.24) is 10.2 Å². The van der Waals surface area contributed by atoms with Crippen molar-refractivity contribution < 1.29 is 4.79 Å². The molecule has 5 heteroatoms. The molecular formula is C9H6BrN3O. The van der Waals surface area contributed by atoms with Gasteiger partial charge >= 0.3 is 0 Å². The Balaban J connectivity index is 2.48. The minimum atomic E-state index is 0.358. The third kappa shape index (κ3) is 1.60. The number of nitrogens with one attached hydrogen (secondary N) is 1. The summed E-state index contributed by atoms with van der Waals surface area (Å²) < 4.78 is 0.837. The number of halogens is 1. The van der Waals surface area contributed by atoms with Crippen molar-refractivity contribution in [3.05, 3.63) is 28.4 Å². The Morgan fingerprint density at radius 1 is 1.57 bits per heavy atom. The van der Waals surface area contributed by atoms with Gasteiger partial charge in [-0.1, -0.05) is 6.07 Å². The van der Waals surface area contributed by atoms with E-state index in [4.69, 9.17) is 0 Å². The number of aromatic amines is 1. The molecule has 0 spiro atoms. The monoisotopic (exact) mass is 251 g/mol. The fraction of sp³-hybridized carbons (Fsp3) is 0.111. The van der Waals surface area contributed by atoms with Crippen molar-refractivity contribution in [3.63, 3.8) is 0 Å². The van der Waals surface area contributed by atoms with E-state index in [1.54, 1.807) is 0 Å². The lowest BCUT2D eigenvalue weighted by Gasteiger charge is -1.94. The summed E-state index contributed by atoms with van der Waals surface area (Å²) in [6, 6.07) is 5.70. The Bertz CT molecular complexity index is 514. The molecular weight excluding hydrogens is 246 g/mol. The van der Waals surface area contributed by atoms with Crippen LogP contribution >= 0.6 is 15.9 Å². The predicted octanol–water partition coefficient (Wildman–Crippen LogP) is 2.16. The standard InChI is InChI=1S/C9H6BrN3O/c10-9-7-3-6(4-11-5-14)1-2-8(7)12-13-9/h1-3H,4H2,(H,12,13). The van der Waals surface area contributed by atoms with Crippen LogP contribution in [0.1, 0.15) is 5.56 Å². The fourth-order valence-electron chi connectivity index (χ4n) is 1.25. The molecule has 1 aromatic carbocycles. The molecule has 0 bridgehead atoms. The zero-order valence-corrected chi connectivity index (χ0v) is 8.71. The number of rotatable bonds is 2. The molecule has 1 heterocycles. The van der Waals surface area contributed by atoms with Gasteiger partial charge in [-0.05, 0) is 33.6 Å². The Kier molecular flexibility index (Phi) is 2.43. The Morgan fingerprint density at radius 3 is 3.21 bits per heavy atom. The Labute approximate surface area is 88.2 Å². The molecule has 2 rings (SSSR count). The zero-order valence-electron chi connectivity index (χ0n) is 7.12. The highest BCUT2D eigenvalue weighted by Gasteiger charge is 2.02. The summed E-state index contributed by atoms with van der Waals surface area (Å²) in [6.45, 7) is 0.358. The second-order valence-electron chi connectivity index (χ2n) is 2.80. The summed E-state index contributed by atoms with van der Waals surface area (Å²) in [7, 11) is 0. The number of nitrogens with zero attached hydrogens (tertiary/aromatic N) is 2. The number of H-pyrrole nitrogens is 1. The van der Waals surface area contributed by atoms with E-state index in [-0.39, 0.29) is 0 Å². The Hall–Kier alpha value is -1.45. The van der Waals surface area contributed by atoms with Gasteiger partial charge < -0.3 is 0 Å². The predicted molar refractivity (Wildman–Crippen MR) is 55.6 cm³/mol. The summed E-state index contributed by atoms with van der Waals surface area (Å²) in [5.74, 6) is 0. The average Bonchev–Trinajstić information content (AvgIpc) is 2.57. The number of benzene rings is 1. The first-order chi connectivity index (χ1) is 6.81. The highest BCUT2D eigenvalue weighted by molar-refractivity contribution is 9.10. The number of carbonyl (C=O) groups excluding carboxylic acids is 1. The molecule has 4 nitrogen and oxygen atoms in total. The lowest BCUT2D eigenvalue weighted by molar-refractivity contribution is 0.563. The van der Waals surface area contributed by atoms with Gasteiger partial charge in [-0.3, -0.25) is 5.10 Å². The maximum Gasteiger partial charge on any atom is 0.235 e. The van der Waals surface area contributed by atoms with Gasteiger partial charge in [0, 0.05) is 5.39 Å². The SMILES string of the molecule is O=C=NCc1ccc2n[nH]c(Br)c2c1. The summed E-state index contributed by atoms with van der Waals surface area (Å²) in [4.78, 5) is 13.5. The lowest BCUT2D eigenvalue weighted by atomic mass is 10.2. The van der Waals surface area contributed by atoms with E-state index in [9.17, 15) is 4.79 Å². The number of aromatic nitrogens is 2. The summed E-state index contributed by atoms with van der Waals surface area (Å²) in [6.07, 6.45) is 1.51. The van der Waals surface area contributed by atoms with Crippen LogP contribution in [0.3, 0.4) is 0 Å². The molecule has 70 valence electrons. The first-order valence-electron chi connectivity index (χ1n) is 3.97. The van der Waals surface area contributed by atoms with Gasteiger partial charge in [0.25, 0.3) is 0 Å². The van der Waals surface area contributed by atoms with Gasteiger partial charge in [0.15, 0.2) is 0 Å². The lowest BCUT2D eigenvalue weighted by Crippen LogP contribution is -1.80. The van der Waals surface area contributed by atoms with Crippen LogP contribution in [0.4, 0.5) is 0 Å². The minimum absolute atomic E-state index is 0.358. The van der Waals surface area contributed by atoms with E-state index in [0.717, 1.165) is 21.1 Å². The molecule has 0 aliphatic rings. The van der Waals surface area contributed by atoms with Crippen molar-refractivity contribution in [2.45, 2.75) is 6.54 Å². The van der Waals surface area contributed by atoms with Crippen LogP contribution in [-0.2, 0) is 11.3 Å². The van der Waals surface area contributed by atoms with Crippen LogP contribution in [0.2, 0.25) is 0 Å². The van der Waals surface area contributed by atoms with E-state index >= 15 is 0 Å². The van der Waals surface area contributed by atoms with Crippen molar-refractivity contribution >= 4 is 32.9 Å². The zero-order chi connectivity index (χ0) is 9.97. The van der Waals surface area contributed by atoms with Gasteiger partial charge in [-0.15, -0.1) is 0 Å². The normalized spacial score (nSPS) is 10.1. The maximum atomic E-state index is 9.94. The van der Waals surface area contributed by atoms with Gasteiger partial charge in [-0.2, -0.15) is 5.10 Å². The van der Waals surface area contributed by atoms with Crippen LogP contribution < -0.4 is 0 Å². The van der Waals surface area contributed by atoms with Crippen LogP contribution in [0.5, 0.6) is 0 Å². The van der Waals surface area contributed by atoms with Gasteiger partial charge in [0.2, 0.25) is 6.08 Å². The number of aliphatic imine (C=N–C) groups is 1. The molecule has 2 aromatic rings. The van der Waals surface area contributed by atoms with Gasteiger partial charge in [0.1, 0.15) is 4.60 Å². The number of isocyanates is 1. The van der Waals surface area contributed by atoms with E-state index in [1.165, 1.54) is 6.08 Å². The van der Waals surface area contributed by atoms with Crippen LogP contribution in [0.15, 0.2) is 27.8 Å².